The predicted octanol–water partition coefficient (Wildman–Crippen LogP) is 7.32. The zero-order valence-corrected chi connectivity index (χ0v) is 24.6. The molecule has 0 unspecified atom stereocenters. The van der Waals surface area contributed by atoms with Gasteiger partial charge in [-0.15, -0.1) is 10.2 Å². The Bertz CT molecular complexity index is 2140. The van der Waals surface area contributed by atoms with Crippen molar-refractivity contribution in [1.82, 2.24) is 0 Å². The Hall–Kier alpha value is -4.70. The van der Waals surface area contributed by atoms with Crippen LogP contribution in [0.2, 0.25) is 0 Å². The van der Waals surface area contributed by atoms with Gasteiger partial charge in [-0.05, 0) is 72.1 Å². The molecular weight excluding hydrogens is 662 g/mol. The standard InChI is InChI=1S/C28H21N5O8S2.Cu/c34-25-16-21(31-30-20-7-4-8-22(15-20)42(36,37)38)10-12-24(25)32-33-27-26(43(39,40)41)14-17-13-19(9-11-23(17)28(27)35)29-18-5-2-1-3-6-18;/h1-16,29,34-35H,(H,36,37,38)(H,39,40,41);. The number of fused-ring (bicyclic) bond motifs is 1. The van der Waals surface area contributed by atoms with Gasteiger partial charge in [-0.3, -0.25) is 9.11 Å². The van der Waals surface area contributed by atoms with Gasteiger partial charge in [0, 0.05) is 39.9 Å². The maximum atomic E-state index is 12.2. The summed E-state index contributed by atoms with van der Waals surface area (Å²) in [6, 6.07) is 24.1. The molecule has 0 heterocycles. The van der Waals surface area contributed by atoms with E-state index in [-0.39, 0.29) is 44.4 Å². The topological polar surface area (TPSA) is 211 Å². The molecule has 1 radical (unpaired) electrons. The number of azo groups is 2. The number of hydrogen-bond acceptors (Lipinski definition) is 11. The first-order valence-corrected chi connectivity index (χ1v) is 15.1. The van der Waals surface area contributed by atoms with Crippen molar-refractivity contribution < 1.29 is 53.2 Å². The molecule has 0 amide bonds. The first-order chi connectivity index (χ1) is 20.4. The van der Waals surface area contributed by atoms with E-state index in [9.17, 15) is 36.2 Å². The number of nitrogens with zero attached hydrogens (tertiary/aromatic N) is 4. The van der Waals surface area contributed by atoms with Crippen molar-refractivity contribution in [1.29, 1.82) is 0 Å². The van der Waals surface area contributed by atoms with Crippen LogP contribution in [0.4, 0.5) is 34.1 Å². The fourth-order valence-electron chi connectivity index (χ4n) is 3.99. The van der Waals surface area contributed by atoms with Crippen LogP contribution in [0.3, 0.4) is 0 Å². The summed E-state index contributed by atoms with van der Waals surface area (Å²) in [5.41, 5.74) is 0.968. The van der Waals surface area contributed by atoms with E-state index in [0.717, 1.165) is 23.9 Å². The molecular formula is C28H21CuN5O8S2. The van der Waals surface area contributed by atoms with Gasteiger partial charge < -0.3 is 15.5 Å². The van der Waals surface area contributed by atoms with E-state index in [1.54, 1.807) is 18.2 Å². The number of anilines is 2. The minimum Gasteiger partial charge on any atom is -0.506 e. The van der Waals surface area contributed by atoms with Gasteiger partial charge in [0.25, 0.3) is 20.2 Å². The van der Waals surface area contributed by atoms with E-state index < -0.39 is 42.3 Å². The Morgan fingerprint density at radius 3 is 1.98 bits per heavy atom. The summed E-state index contributed by atoms with van der Waals surface area (Å²) in [5.74, 6) is -0.991. The molecule has 5 N–H and O–H groups in total. The van der Waals surface area contributed by atoms with Gasteiger partial charge in [-0.2, -0.15) is 27.1 Å². The van der Waals surface area contributed by atoms with E-state index >= 15 is 0 Å². The zero-order chi connectivity index (χ0) is 30.8. The summed E-state index contributed by atoms with van der Waals surface area (Å²) in [4.78, 5) is -1.07. The molecule has 0 spiro atoms. The Balaban J connectivity index is 0.00000442. The molecule has 13 nitrogen and oxygen atoms in total. The Morgan fingerprint density at radius 2 is 1.32 bits per heavy atom. The van der Waals surface area contributed by atoms with Crippen LogP contribution in [-0.4, -0.2) is 36.2 Å². The molecule has 44 heavy (non-hydrogen) atoms. The van der Waals surface area contributed by atoms with Crippen LogP contribution in [-0.2, 0) is 37.3 Å². The Kier molecular flexibility index (Phi) is 9.44. The molecule has 5 aromatic rings. The number of benzene rings is 5. The number of rotatable bonds is 8. The van der Waals surface area contributed by atoms with Crippen LogP contribution in [0.15, 0.2) is 127 Å². The van der Waals surface area contributed by atoms with E-state index in [4.69, 9.17) is 0 Å². The first-order valence-electron chi connectivity index (χ1n) is 12.2. The molecule has 0 fully saturated rings. The molecule has 16 heteroatoms. The summed E-state index contributed by atoms with van der Waals surface area (Å²) in [5, 5.41) is 40.5. The fraction of sp³-hybridized carbons (Fsp3) is 0. The van der Waals surface area contributed by atoms with E-state index in [1.165, 1.54) is 30.3 Å². The Labute approximate surface area is 261 Å². The second-order valence-corrected chi connectivity index (χ2v) is 11.8. The van der Waals surface area contributed by atoms with Gasteiger partial charge in [0.05, 0.1) is 16.3 Å². The van der Waals surface area contributed by atoms with Crippen LogP contribution in [0.5, 0.6) is 11.5 Å². The number of aromatic hydroxyl groups is 2. The van der Waals surface area contributed by atoms with Crippen LogP contribution in [0, 0.1) is 0 Å². The molecule has 0 saturated carbocycles. The van der Waals surface area contributed by atoms with Crippen molar-refractivity contribution in [3.63, 3.8) is 0 Å². The van der Waals surface area contributed by atoms with Crippen LogP contribution >= 0.6 is 0 Å². The summed E-state index contributed by atoms with van der Waals surface area (Å²) in [7, 11) is -9.29. The third kappa shape index (κ3) is 7.44. The molecule has 0 saturated heterocycles. The fourth-order valence-corrected chi connectivity index (χ4v) is 5.17. The average molecular weight is 683 g/mol. The molecule has 0 atom stereocenters. The van der Waals surface area contributed by atoms with Gasteiger partial charge in [-0.1, -0.05) is 24.3 Å². The largest absolute Gasteiger partial charge is 0.506 e. The molecule has 0 aliphatic heterocycles. The second-order valence-electron chi connectivity index (χ2n) is 9.02. The Morgan fingerprint density at radius 1 is 0.614 bits per heavy atom. The van der Waals surface area contributed by atoms with Gasteiger partial charge in [0.1, 0.15) is 22.0 Å². The van der Waals surface area contributed by atoms with Crippen molar-refractivity contribution in [2.45, 2.75) is 9.79 Å². The SMILES string of the molecule is O=S(=O)(O)c1cccc(N=Nc2ccc(N=Nc3c(S(=O)(=O)O)cc4cc(Nc5ccccc5)ccc4c3O)c(O)c2)c1.[Cu]. The third-order valence-electron chi connectivity index (χ3n) is 6.00. The molecule has 0 bridgehead atoms. The van der Waals surface area contributed by atoms with Crippen molar-refractivity contribution in [2.75, 3.05) is 5.32 Å². The minimum absolute atomic E-state index is 0. The first kappa shape index (κ1) is 32.2. The normalized spacial score (nSPS) is 12.0. The zero-order valence-electron chi connectivity index (χ0n) is 22.1. The maximum absolute atomic E-state index is 12.2. The number of phenols is 2. The second kappa shape index (κ2) is 12.9. The van der Waals surface area contributed by atoms with Gasteiger partial charge in [-0.25, -0.2) is 0 Å². The average Bonchev–Trinajstić information content (AvgIpc) is 2.96. The summed E-state index contributed by atoms with van der Waals surface area (Å²) in [6.07, 6.45) is 0. The van der Waals surface area contributed by atoms with E-state index in [2.05, 4.69) is 25.8 Å². The van der Waals surface area contributed by atoms with E-state index in [0.29, 0.717) is 11.1 Å². The third-order valence-corrected chi connectivity index (χ3v) is 7.72. The van der Waals surface area contributed by atoms with Crippen molar-refractivity contribution in [2.24, 2.45) is 20.5 Å². The van der Waals surface area contributed by atoms with Crippen molar-refractivity contribution in [3.05, 3.63) is 97.1 Å². The smallest absolute Gasteiger partial charge is 0.296 e. The van der Waals surface area contributed by atoms with Crippen LogP contribution in [0.1, 0.15) is 0 Å². The number of phenolic OH excluding ortho intramolecular Hbond substituents is 2. The molecule has 5 aromatic carbocycles. The molecule has 0 aromatic heterocycles. The minimum atomic E-state index is -4.86. The van der Waals surface area contributed by atoms with Gasteiger partial charge in [0.15, 0.2) is 5.75 Å². The summed E-state index contributed by atoms with van der Waals surface area (Å²) >= 11 is 0. The summed E-state index contributed by atoms with van der Waals surface area (Å²) < 4.78 is 66.1. The van der Waals surface area contributed by atoms with Crippen molar-refractivity contribution >= 4 is 65.1 Å². The van der Waals surface area contributed by atoms with Gasteiger partial charge >= 0.3 is 0 Å². The number of para-hydroxylation sites is 1. The van der Waals surface area contributed by atoms with E-state index in [1.807, 2.05) is 30.3 Å². The number of hydrogen-bond donors (Lipinski definition) is 5. The monoisotopic (exact) mass is 682 g/mol. The number of nitrogens with one attached hydrogen (secondary N) is 1. The molecule has 229 valence electrons. The summed E-state index contributed by atoms with van der Waals surface area (Å²) in [6.45, 7) is 0. The van der Waals surface area contributed by atoms with Crippen LogP contribution in [0.25, 0.3) is 10.8 Å². The molecule has 5 rings (SSSR count). The van der Waals surface area contributed by atoms with Crippen molar-refractivity contribution in [3.8, 4) is 11.5 Å². The quantitative estimate of drug-likeness (QED) is 0.0629. The van der Waals surface area contributed by atoms with Crippen LogP contribution < -0.4 is 5.32 Å². The molecule has 0 aliphatic carbocycles. The maximum Gasteiger partial charge on any atom is 0.296 e. The molecule has 0 aliphatic rings. The van der Waals surface area contributed by atoms with Gasteiger partial charge in [0.2, 0.25) is 0 Å². The predicted molar refractivity (Wildman–Crippen MR) is 158 cm³/mol.